The van der Waals surface area contributed by atoms with Gasteiger partial charge in [-0.25, -0.2) is 0 Å². The molecular formula is AgBiPbSb. The van der Waals surface area contributed by atoms with Gasteiger partial charge in [-0.05, 0) is 0 Å². The van der Waals surface area contributed by atoms with E-state index in [-0.39, 0.29) is 100 Å². The first-order valence-electron chi connectivity index (χ1n) is 0. The van der Waals surface area contributed by atoms with Gasteiger partial charge < -0.3 is 0 Å². The Morgan fingerprint density at radius 1 is 1.00 bits per heavy atom. The Bertz CT molecular complexity index is 8.00. The van der Waals surface area contributed by atoms with E-state index in [0.717, 1.165) is 0 Å². The van der Waals surface area contributed by atoms with Crippen molar-refractivity contribution in [3.05, 3.63) is 0 Å². The second-order valence-electron chi connectivity index (χ2n) is 0. The third kappa shape index (κ3) is 9.03. The zero-order valence-corrected chi connectivity index (χ0v) is 13.1. The Hall–Kier alpha value is 3.36. The van der Waals surface area contributed by atoms with Crippen LogP contribution in [0.2, 0.25) is 0 Å². The molecule has 0 saturated carbocycles. The normalized spacial score (nSPS) is 0. The molecule has 0 aliphatic rings. The molecule has 4 heavy (non-hydrogen) atoms. The van der Waals surface area contributed by atoms with Crippen LogP contribution in [0.4, 0.5) is 0 Å². The molecule has 0 fully saturated rings. The minimum atomic E-state index is 0. The van der Waals surface area contributed by atoms with Crippen LogP contribution in [-0.4, -0.2) is 77.9 Å². The van der Waals surface area contributed by atoms with Crippen molar-refractivity contribution >= 4 is 77.9 Å². The number of hydrogen-bond acceptors (Lipinski definition) is 0. The van der Waals surface area contributed by atoms with Gasteiger partial charge in [-0.2, -0.15) is 0 Å². The fourth-order valence-electron chi connectivity index (χ4n) is 0. The molecule has 0 rings (SSSR count). The van der Waals surface area contributed by atoms with Crippen molar-refractivity contribution in [1.82, 2.24) is 0 Å². The van der Waals surface area contributed by atoms with Crippen LogP contribution in [-0.2, 0) is 22.4 Å². The van der Waals surface area contributed by atoms with E-state index in [4.69, 9.17) is 0 Å². The molecule has 0 heterocycles. The van der Waals surface area contributed by atoms with Crippen molar-refractivity contribution in [2.75, 3.05) is 0 Å². The van der Waals surface area contributed by atoms with E-state index >= 15 is 0 Å². The third-order valence-corrected chi connectivity index (χ3v) is 0. The van der Waals surface area contributed by atoms with Gasteiger partial charge >= 0.3 is 0 Å². The molecule has 25 valence electrons. The zero-order valence-electron chi connectivity index (χ0n) is 1.70. The predicted molar refractivity (Wildman–Crippen MR) is 17.3 cm³/mol. The monoisotopic (exact) mass is 645 g/mol. The summed E-state index contributed by atoms with van der Waals surface area (Å²) in [6.07, 6.45) is 0. The van der Waals surface area contributed by atoms with Crippen molar-refractivity contribution in [3.8, 4) is 0 Å². The van der Waals surface area contributed by atoms with Gasteiger partial charge in [0.1, 0.15) is 0 Å². The van der Waals surface area contributed by atoms with Gasteiger partial charge in [0.05, 0.1) is 0 Å². The van der Waals surface area contributed by atoms with Crippen LogP contribution in [0.15, 0.2) is 0 Å². The van der Waals surface area contributed by atoms with Crippen LogP contribution >= 0.6 is 0 Å². The molecule has 0 bridgehead atoms. The maximum atomic E-state index is 0. The second kappa shape index (κ2) is 16.2. The van der Waals surface area contributed by atoms with E-state index in [1.165, 1.54) is 0 Å². The molecule has 0 nitrogen and oxygen atoms in total. The molecule has 4 heteroatoms. The summed E-state index contributed by atoms with van der Waals surface area (Å²) in [5.74, 6) is 0. The topological polar surface area (TPSA) is 0 Å². The maximum absolute atomic E-state index is 0. The first-order chi connectivity index (χ1) is 0. The molecule has 11 radical (unpaired) electrons. The Morgan fingerprint density at radius 3 is 1.00 bits per heavy atom. The van der Waals surface area contributed by atoms with Gasteiger partial charge in [0.2, 0.25) is 0 Å². The largest absolute Gasteiger partial charge is 0 e. The van der Waals surface area contributed by atoms with Gasteiger partial charge in [-0.3, -0.25) is 0 Å². The summed E-state index contributed by atoms with van der Waals surface area (Å²) >= 11 is 0. The van der Waals surface area contributed by atoms with Gasteiger partial charge in [-0.15, -0.1) is 0 Å². The van der Waals surface area contributed by atoms with Crippen molar-refractivity contribution in [3.63, 3.8) is 0 Å². The molecule has 0 amide bonds. The average molecular weight is 646 g/mol. The van der Waals surface area contributed by atoms with Crippen molar-refractivity contribution < 1.29 is 22.4 Å². The molecule has 0 N–H and O–H groups in total. The summed E-state index contributed by atoms with van der Waals surface area (Å²) in [5.41, 5.74) is 0. The summed E-state index contributed by atoms with van der Waals surface area (Å²) in [5, 5.41) is 0. The van der Waals surface area contributed by atoms with Crippen molar-refractivity contribution in [2.45, 2.75) is 0 Å². The van der Waals surface area contributed by atoms with Crippen LogP contribution in [0.1, 0.15) is 0 Å². The quantitative estimate of drug-likeness (QED) is 0.293. The first-order valence-corrected chi connectivity index (χ1v) is 0. The Balaban J connectivity index is 0. The van der Waals surface area contributed by atoms with Gasteiger partial charge in [0.15, 0.2) is 0 Å². The zero-order chi connectivity index (χ0) is 0. The molecule has 0 atom stereocenters. The smallest absolute Gasteiger partial charge is 0 e. The number of hydrogen-bond donors (Lipinski definition) is 0. The van der Waals surface area contributed by atoms with Gasteiger partial charge in [0.25, 0.3) is 0 Å². The van der Waals surface area contributed by atoms with Crippen LogP contribution < -0.4 is 0 Å². The van der Waals surface area contributed by atoms with Crippen molar-refractivity contribution in [1.29, 1.82) is 0 Å². The summed E-state index contributed by atoms with van der Waals surface area (Å²) in [7, 11) is 0. The molecule has 0 aromatic rings. The maximum Gasteiger partial charge on any atom is 0 e. The van der Waals surface area contributed by atoms with Gasteiger partial charge in [-0.1, -0.05) is 0 Å². The number of rotatable bonds is 0. The van der Waals surface area contributed by atoms with E-state index in [9.17, 15) is 0 Å². The molecule has 0 saturated heterocycles. The summed E-state index contributed by atoms with van der Waals surface area (Å²) in [6.45, 7) is 0. The molecule has 0 aromatic heterocycles. The Morgan fingerprint density at radius 2 is 1.00 bits per heavy atom. The fourth-order valence-corrected chi connectivity index (χ4v) is 0. The molecule has 0 spiro atoms. The van der Waals surface area contributed by atoms with Crippen LogP contribution in [0.25, 0.3) is 0 Å². The van der Waals surface area contributed by atoms with Crippen molar-refractivity contribution in [2.24, 2.45) is 0 Å². The SMILES string of the molecule is [Ag].[Bi].[Pb].[Sb]. The standard InChI is InChI=1S/Ag.Bi.Pb.Sb. The predicted octanol–water partition coefficient (Wildman–Crippen LogP) is -1.14. The fraction of sp³-hybridized carbons (Fsp3) is 0. The average Bonchev–Trinajstić information content (AvgIpc) is 0. The summed E-state index contributed by atoms with van der Waals surface area (Å²) in [6, 6.07) is 0. The van der Waals surface area contributed by atoms with Crippen LogP contribution in [0.3, 0.4) is 0 Å². The van der Waals surface area contributed by atoms with Gasteiger partial charge in [0, 0.05) is 100 Å². The van der Waals surface area contributed by atoms with E-state index in [2.05, 4.69) is 0 Å². The molecule has 0 unspecified atom stereocenters. The van der Waals surface area contributed by atoms with E-state index in [1.54, 1.807) is 0 Å². The minimum absolute atomic E-state index is 0. The van der Waals surface area contributed by atoms with E-state index < -0.39 is 0 Å². The Kier molecular flexibility index (Phi) is 107. The van der Waals surface area contributed by atoms with E-state index in [0.29, 0.717) is 0 Å². The summed E-state index contributed by atoms with van der Waals surface area (Å²) < 4.78 is 0. The molecule has 0 aromatic carbocycles. The first kappa shape index (κ1) is 26.4. The third-order valence-electron chi connectivity index (χ3n) is 0. The van der Waals surface area contributed by atoms with Crippen LogP contribution in [0.5, 0.6) is 0 Å². The summed E-state index contributed by atoms with van der Waals surface area (Å²) in [4.78, 5) is 0. The minimum Gasteiger partial charge on any atom is 0 e. The second-order valence-corrected chi connectivity index (χ2v) is 0. The molecular weight excluding hydrogens is 646 g/mol. The molecule has 0 aliphatic heterocycles. The van der Waals surface area contributed by atoms with Crippen LogP contribution in [0, 0.1) is 0 Å². The Labute approximate surface area is 98.1 Å². The van der Waals surface area contributed by atoms with E-state index in [1.807, 2.05) is 0 Å². The molecule has 0 aliphatic carbocycles.